The van der Waals surface area contributed by atoms with Crippen LogP contribution < -0.4 is 0 Å². The zero-order valence-electron chi connectivity index (χ0n) is 13.2. The normalized spacial score (nSPS) is 18.7. The van der Waals surface area contributed by atoms with Crippen molar-refractivity contribution >= 4 is 17.2 Å². The molecule has 1 N–H and O–H groups in total. The third kappa shape index (κ3) is 3.63. The Kier molecular flexibility index (Phi) is 5.10. The van der Waals surface area contributed by atoms with Crippen LogP contribution in [-0.2, 0) is 4.74 Å². The van der Waals surface area contributed by atoms with Crippen molar-refractivity contribution in [3.05, 3.63) is 46.8 Å². The number of hydrogen-bond acceptors (Lipinski definition) is 4. The number of nitrogens with zero attached hydrogens (tertiary/aromatic N) is 1. The van der Waals surface area contributed by atoms with Crippen molar-refractivity contribution in [2.24, 2.45) is 5.92 Å². The van der Waals surface area contributed by atoms with Crippen molar-refractivity contribution in [2.75, 3.05) is 32.9 Å². The van der Waals surface area contributed by atoms with Gasteiger partial charge in [0.2, 0.25) is 0 Å². The van der Waals surface area contributed by atoms with E-state index in [1.807, 2.05) is 31.2 Å². The van der Waals surface area contributed by atoms with Gasteiger partial charge in [-0.05, 0) is 24.1 Å². The van der Waals surface area contributed by atoms with Gasteiger partial charge < -0.3 is 14.7 Å². The number of aliphatic hydroxyl groups is 1. The molecule has 0 radical (unpaired) electrons. The molecule has 1 saturated heterocycles. The summed E-state index contributed by atoms with van der Waals surface area (Å²) in [6.45, 7) is 4.25. The average molecular weight is 331 g/mol. The molecule has 1 atom stereocenters. The molecular formula is C18H21NO3S. The highest BCUT2D eigenvalue weighted by Gasteiger charge is 2.24. The number of rotatable bonds is 3. The second-order valence-electron chi connectivity index (χ2n) is 5.86. The van der Waals surface area contributed by atoms with E-state index in [1.54, 1.807) is 4.90 Å². The van der Waals surface area contributed by atoms with Crippen molar-refractivity contribution in [3.63, 3.8) is 0 Å². The van der Waals surface area contributed by atoms with Gasteiger partial charge in [0.05, 0.1) is 18.1 Å². The molecule has 0 bridgehead atoms. The Morgan fingerprint density at radius 3 is 2.91 bits per heavy atom. The minimum Gasteiger partial charge on any atom is -0.396 e. The van der Waals surface area contributed by atoms with E-state index >= 15 is 0 Å². The van der Waals surface area contributed by atoms with Crippen molar-refractivity contribution in [1.29, 1.82) is 0 Å². The summed E-state index contributed by atoms with van der Waals surface area (Å²) in [4.78, 5) is 16.5. The van der Waals surface area contributed by atoms with Gasteiger partial charge in [-0.1, -0.05) is 30.3 Å². The first kappa shape index (κ1) is 16.2. The predicted octanol–water partition coefficient (Wildman–Crippen LogP) is 2.80. The van der Waals surface area contributed by atoms with Crippen molar-refractivity contribution in [2.45, 2.75) is 6.92 Å². The number of carbonyl (C=O) groups is 1. The molecule has 1 aliphatic rings. The molecule has 1 fully saturated rings. The molecule has 1 aromatic carbocycles. The fourth-order valence-electron chi connectivity index (χ4n) is 2.79. The third-order valence-electron chi connectivity index (χ3n) is 4.05. The molecule has 0 spiro atoms. The molecule has 4 nitrogen and oxygen atoms in total. The lowest BCUT2D eigenvalue weighted by molar-refractivity contribution is 0.0733. The van der Waals surface area contributed by atoms with Gasteiger partial charge in [-0.15, -0.1) is 11.3 Å². The number of aliphatic hydroxyl groups excluding tert-OH is 1. The van der Waals surface area contributed by atoms with Gasteiger partial charge in [0.15, 0.2) is 0 Å². The smallest absolute Gasteiger partial charge is 0.264 e. The molecule has 0 saturated carbocycles. The number of aryl methyl sites for hydroxylation is 1. The first-order chi connectivity index (χ1) is 11.2. The van der Waals surface area contributed by atoms with E-state index in [0.717, 1.165) is 20.9 Å². The highest BCUT2D eigenvalue weighted by atomic mass is 32.1. The lowest BCUT2D eigenvalue weighted by Crippen LogP contribution is -2.36. The van der Waals surface area contributed by atoms with E-state index in [1.165, 1.54) is 11.3 Å². The van der Waals surface area contributed by atoms with E-state index < -0.39 is 0 Å². The number of ether oxygens (including phenoxy) is 1. The topological polar surface area (TPSA) is 49.8 Å². The van der Waals surface area contributed by atoms with Crippen molar-refractivity contribution in [1.82, 2.24) is 4.90 Å². The molecular weight excluding hydrogens is 310 g/mol. The first-order valence-corrected chi connectivity index (χ1v) is 8.64. The number of carbonyl (C=O) groups excluding carboxylic acids is 1. The van der Waals surface area contributed by atoms with Crippen LogP contribution in [0.25, 0.3) is 10.4 Å². The van der Waals surface area contributed by atoms with E-state index in [2.05, 4.69) is 12.1 Å². The van der Waals surface area contributed by atoms with E-state index in [0.29, 0.717) is 26.3 Å². The highest BCUT2D eigenvalue weighted by molar-refractivity contribution is 7.17. The molecule has 5 heteroatoms. The Hall–Kier alpha value is -1.69. The van der Waals surface area contributed by atoms with Gasteiger partial charge in [0, 0.05) is 30.5 Å². The van der Waals surface area contributed by atoms with Crippen LogP contribution in [0, 0.1) is 12.8 Å². The number of benzene rings is 1. The summed E-state index contributed by atoms with van der Waals surface area (Å²) in [5, 5.41) is 9.37. The summed E-state index contributed by atoms with van der Waals surface area (Å²) < 4.78 is 5.46. The second-order valence-corrected chi connectivity index (χ2v) is 6.92. The van der Waals surface area contributed by atoms with E-state index in [9.17, 15) is 9.90 Å². The van der Waals surface area contributed by atoms with Gasteiger partial charge in [-0.2, -0.15) is 0 Å². The molecule has 2 heterocycles. The van der Waals surface area contributed by atoms with E-state index in [4.69, 9.17) is 4.74 Å². The van der Waals surface area contributed by atoms with Gasteiger partial charge in [-0.25, -0.2) is 0 Å². The van der Waals surface area contributed by atoms with Gasteiger partial charge in [0.1, 0.15) is 0 Å². The van der Waals surface area contributed by atoms with Crippen LogP contribution in [0.2, 0.25) is 0 Å². The van der Waals surface area contributed by atoms with Crippen molar-refractivity contribution < 1.29 is 14.6 Å². The summed E-state index contributed by atoms with van der Waals surface area (Å²) in [6, 6.07) is 12.1. The SMILES string of the molecule is Cc1cc(C(=O)N2CCOC[C@@H](CO)C2)sc1-c1ccccc1. The monoisotopic (exact) mass is 331 g/mol. The molecule has 1 aromatic heterocycles. The molecule has 122 valence electrons. The summed E-state index contributed by atoms with van der Waals surface area (Å²) >= 11 is 1.54. The first-order valence-electron chi connectivity index (χ1n) is 7.82. The standard InChI is InChI=1S/C18H21NO3S/c1-13-9-16(23-17(13)15-5-3-2-4-6-15)18(21)19-7-8-22-12-14(10-19)11-20/h2-6,9,14,20H,7-8,10-12H2,1H3/t14-/m1/s1. The van der Waals surface area contributed by atoms with Crippen LogP contribution in [0.1, 0.15) is 15.2 Å². The minimum absolute atomic E-state index is 0.00361. The third-order valence-corrected chi connectivity index (χ3v) is 5.32. The molecule has 0 aliphatic carbocycles. The Morgan fingerprint density at radius 1 is 1.39 bits per heavy atom. The molecule has 1 aliphatic heterocycles. The molecule has 0 unspecified atom stereocenters. The number of thiophene rings is 1. The summed E-state index contributed by atoms with van der Waals surface area (Å²) in [6.07, 6.45) is 0. The second kappa shape index (κ2) is 7.25. The summed E-state index contributed by atoms with van der Waals surface area (Å²) in [5.41, 5.74) is 2.26. The maximum Gasteiger partial charge on any atom is 0.264 e. The van der Waals surface area contributed by atoms with Crippen LogP contribution in [0.15, 0.2) is 36.4 Å². The van der Waals surface area contributed by atoms with Gasteiger partial charge in [0.25, 0.3) is 5.91 Å². The lowest BCUT2D eigenvalue weighted by atomic mass is 10.1. The van der Waals surface area contributed by atoms with E-state index in [-0.39, 0.29) is 18.4 Å². The van der Waals surface area contributed by atoms with Gasteiger partial charge >= 0.3 is 0 Å². The molecule has 2 aromatic rings. The minimum atomic E-state index is -0.00361. The Morgan fingerprint density at radius 2 is 2.17 bits per heavy atom. The van der Waals surface area contributed by atoms with Crippen molar-refractivity contribution in [3.8, 4) is 10.4 Å². The summed E-state index contributed by atoms with van der Waals surface area (Å²) in [7, 11) is 0. The van der Waals surface area contributed by atoms with Crippen LogP contribution in [-0.4, -0.2) is 48.8 Å². The lowest BCUT2D eigenvalue weighted by Gasteiger charge is -2.21. The maximum absolute atomic E-state index is 12.8. The largest absolute Gasteiger partial charge is 0.396 e. The maximum atomic E-state index is 12.8. The Bertz CT molecular complexity index is 668. The predicted molar refractivity (Wildman–Crippen MR) is 91.8 cm³/mol. The number of hydrogen-bond donors (Lipinski definition) is 1. The quantitative estimate of drug-likeness (QED) is 0.941. The van der Waals surface area contributed by atoms with Gasteiger partial charge in [-0.3, -0.25) is 4.79 Å². The van der Waals surface area contributed by atoms with Crippen LogP contribution in [0.4, 0.5) is 0 Å². The fourth-order valence-corrected chi connectivity index (χ4v) is 3.94. The zero-order chi connectivity index (χ0) is 16.2. The average Bonchev–Trinajstić information content (AvgIpc) is 2.82. The summed E-state index contributed by atoms with van der Waals surface area (Å²) in [5.74, 6) is 0.0281. The highest BCUT2D eigenvalue weighted by Crippen LogP contribution is 2.33. The van der Waals surface area contributed by atoms with Crippen LogP contribution in [0.3, 0.4) is 0 Å². The molecule has 1 amide bonds. The zero-order valence-corrected chi connectivity index (χ0v) is 14.0. The molecule has 3 rings (SSSR count). The Balaban J connectivity index is 1.83. The molecule has 23 heavy (non-hydrogen) atoms. The van der Waals surface area contributed by atoms with Crippen LogP contribution in [0.5, 0.6) is 0 Å². The number of amides is 1. The fraction of sp³-hybridized carbons (Fsp3) is 0.389. The Labute approximate surface area is 140 Å². The van der Waals surface area contributed by atoms with Crippen LogP contribution >= 0.6 is 11.3 Å².